The highest BCUT2D eigenvalue weighted by Gasteiger charge is 2.59. The van der Waals surface area contributed by atoms with Crippen molar-refractivity contribution < 1.29 is 28.4 Å². The Bertz CT molecular complexity index is 1330. The van der Waals surface area contributed by atoms with Crippen molar-refractivity contribution in [3.63, 3.8) is 0 Å². The van der Waals surface area contributed by atoms with Gasteiger partial charge >= 0.3 is 5.69 Å². The molecule has 0 unspecified atom stereocenters. The number of nitro groups is 1. The Kier molecular flexibility index (Phi) is 6.00. The molecule has 2 aromatic carbocycles. The second-order valence-corrected chi connectivity index (χ2v) is 9.12. The van der Waals surface area contributed by atoms with Crippen LogP contribution in [0, 0.1) is 39.6 Å². The van der Waals surface area contributed by atoms with Crippen LogP contribution in [0.1, 0.15) is 12.0 Å². The summed E-state index contributed by atoms with van der Waals surface area (Å²) in [4.78, 5) is 48.9. The molecule has 3 aliphatic rings. The van der Waals surface area contributed by atoms with Crippen LogP contribution in [-0.4, -0.2) is 40.5 Å². The van der Waals surface area contributed by atoms with Gasteiger partial charge in [0.1, 0.15) is 5.82 Å². The van der Waals surface area contributed by atoms with Crippen molar-refractivity contribution in [3.05, 3.63) is 75.1 Å². The number of hydrogen-bond donors (Lipinski definition) is 1. The molecule has 2 fully saturated rings. The van der Waals surface area contributed by atoms with Crippen LogP contribution in [0.5, 0.6) is 5.75 Å². The zero-order valence-electron chi connectivity index (χ0n) is 18.5. The second kappa shape index (κ2) is 9.15. The molecular formula is C24H18ClFN4O6. The summed E-state index contributed by atoms with van der Waals surface area (Å²) in [6.07, 6.45) is 5.74. The number of nitro benzene ring substituents is 1. The first-order chi connectivity index (χ1) is 17.2. The molecule has 0 radical (unpaired) electrons. The van der Waals surface area contributed by atoms with Gasteiger partial charge in [-0.2, -0.15) is 10.1 Å². The van der Waals surface area contributed by atoms with Gasteiger partial charge in [0, 0.05) is 22.3 Å². The third-order valence-electron chi connectivity index (χ3n) is 6.47. The molecule has 1 N–H and O–H groups in total. The minimum absolute atomic E-state index is 0.000552. The Morgan fingerprint density at radius 1 is 1.22 bits per heavy atom. The van der Waals surface area contributed by atoms with Gasteiger partial charge in [0.15, 0.2) is 6.61 Å². The molecule has 2 aliphatic carbocycles. The number of carbonyl (C=O) groups is 3. The zero-order chi connectivity index (χ0) is 25.6. The average Bonchev–Trinajstić information content (AvgIpc) is 3.50. The highest BCUT2D eigenvalue weighted by molar-refractivity contribution is 6.31. The molecule has 36 heavy (non-hydrogen) atoms. The molecule has 2 aromatic rings. The highest BCUT2D eigenvalue weighted by Crippen LogP contribution is 2.52. The maximum atomic E-state index is 13.3. The summed E-state index contributed by atoms with van der Waals surface area (Å²) in [5.41, 5.74) is -0.372. The van der Waals surface area contributed by atoms with E-state index in [1.54, 1.807) is 0 Å². The lowest BCUT2D eigenvalue weighted by Crippen LogP contribution is -2.28. The number of fused-ring (bicyclic) bond motifs is 5. The minimum Gasteiger partial charge on any atom is -0.476 e. The lowest BCUT2D eigenvalue weighted by molar-refractivity contribution is -0.385. The second-order valence-electron chi connectivity index (χ2n) is 8.68. The van der Waals surface area contributed by atoms with Crippen LogP contribution in [0.2, 0.25) is 5.02 Å². The van der Waals surface area contributed by atoms with Gasteiger partial charge in [-0.3, -0.25) is 24.5 Å². The molecule has 184 valence electrons. The molecule has 1 saturated heterocycles. The van der Waals surface area contributed by atoms with Crippen molar-refractivity contribution in [2.24, 2.45) is 28.8 Å². The third-order valence-corrected chi connectivity index (χ3v) is 6.69. The Hall–Kier alpha value is -4.12. The lowest BCUT2D eigenvalue weighted by Gasteiger charge is -2.13. The van der Waals surface area contributed by atoms with Gasteiger partial charge in [-0.15, -0.1) is 0 Å². The van der Waals surface area contributed by atoms with Gasteiger partial charge in [-0.25, -0.2) is 4.39 Å². The standard InChI is InChI=1S/C24H18ClFN4O6/c25-15-7-14(10-27-29-23(32)20-12-4-5-13(6-12)21(20)24(29)33)22(18(8-15)30(34)35)36-11-19(31)28-17-3-1-2-16(26)9-17/h1-5,7-10,12-13,20-21H,6,11H2,(H,28,31)/t12-,13-,20-,21+/m0/s1. The smallest absolute Gasteiger partial charge is 0.313 e. The molecule has 3 amide bonds. The molecule has 0 aromatic heterocycles. The van der Waals surface area contributed by atoms with E-state index in [0.29, 0.717) is 0 Å². The summed E-state index contributed by atoms with van der Waals surface area (Å²) in [6.45, 7) is -0.652. The molecule has 4 atom stereocenters. The summed E-state index contributed by atoms with van der Waals surface area (Å²) >= 11 is 6.04. The SMILES string of the molecule is O=C(COc1c(C=NN2C(=O)[C@@H]3[C@H](C2=O)[C@H]2C=C[C@H]3C2)cc(Cl)cc1[N+](=O)[O-])Nc1cccc(F)c1. The maximum absolute atomic E-state index is 13.3. The topological polar surface area (TPSA) is 131 Å². The van der Waals surface area contributed by atoms with E-state index in [1.807, 2.05) is 12.2 Å². The molecule has 1 heterocycles. The number of amides is 3. The number of nitrogens with one attached hydrogen (secondary N) is 1. The number of anilines is 1. The Morgan fingerprint density at radius 2 is 1.92 bits per heavy atom. The van der Waals surface area contributed by atoms with Gasteiger partial charge in [0.05, 0.1) is 23.0 Å². The third kappa shape index (κ3) is 4.22. The molecule has 0 spiro atoms. The van der Waals surface area contributed by atoms with Crippen LogP contribution < -0.4 is 10.1 Å². The summed E-state index contributed by atoms with van der Waals surface area (Å²) < 4.78 is 18.8. The summed E-state index contributed by atoms with van der Waals surface area (Å²) in [6, 6.07) is 7.51. The van der Waals surface area contributed by atoms with Crippen LogP contribution in [0.15, 0.2) is 53.7 Å². The highest BCUT2D eigenvalue weighted by atomic mass is 35.5. The summed E-state index contributed by atoms with van der Waals surface area (Å²) in [7, 11) is 0. The summed E-state index contributed by atoms with van der Waals surface area (Å²) in [5, 5.41) is 18.8. The zero-order valence-corrected chi connectivity index (χ0v) is 19.2. The quantitative estimate of drug-likeness (QED) is 0.198. The predicted octanol–water partition coefficient (Wildman–Crippen LogP) is 3.55. The molecule has 1 saturated carbocycles. The van der Waals surface area contributed by atoms with Crippen LogP contribution in [0.4, 0.5) is 15.8 Å². The van der Waals surface area contributed by atoms with E-state index in [-0.39, 0.29) is 33.9 Å². The number of imide groups is 1. The van der Waals surface area contributed by atoms with Gasteiger partial charge < -0.3 is 10.1 Å². The van der Waals surface area contributed by atoms with Crippen molar-refractivity contribution in [1.29, 1.82) is 0 Å². The van der Waals surface area contributed by atoms with Crippen molar-refractivity contribution in [2.45, 2.75) is 6.42 Å². The number of halogens is 2. The van der Waals surface area contributed by atoms with Crippen molar-refractivity contribution in [3.8, 4) is 5.75 Å². The van der Waals surface area contributed by atoms with Gasteiger partial charge in [-0.05, 0) is 42.5 Å². The minimum atomic E-state index is -0.747. The Labute approximate surface area is 208 Å². The lowest BCUT2D eigenvalue weighted by atomic mass is 9.85. The number of benzene rings is 2. The van der Waals surface area contributed by atoms with Gasteiger partial charge in [0.2, 0.25) is 5.75 Å². The van der Waals surface area contributed by atoms with Crippen molar-refractivity contribution in [2.75, 3.05) is 11.9 Å². The average molecular weight is 513 g/mol. The molecule has 10 nitrogen and oxygen atoms in total. The fourth-order valence-corrected chi connectivity index (χ4v) is 5.23. The Morgan fingerprint density at radius 3 is 2.56 bits per heavy atom. The van der Waals surface area contributed by atoms with Crippen LogP contribution in [0.25, 0.3) is 0 Å². The van der Waals surface area contributed by atoms with Crippen molar-refractivity contribution in [1.82, 2.24) is 5.01 Å². The van der Waals surface area contributed by atoms with Crippen LogP contribution in [0.3, 0.4) is 0 Å². The van der Waals surface area contributed by atoms with E-state index >= 15 is 0 Å². The molecule has 12 heteroatoms. The van der Waals surface area contributed by atoms with Crippen LogP contribution >= 0.6 is 11.6 Å². The van der Waals surface area contributed by atoms with E-state index in [9.17, 15) is 28.9 Å². The Balaban J connectivity index is 1.37. The number of rotatable bonds is 7. The van der Waals surface area contributed by atoms with E-state index in [2.05, 4.69) is 10.4 Å². The van der Waals surface area contributed by atoms with Gasteiger partial charge in [-0.1, -0.05) is 29.8 Å². The fourth-order valence-electron chi connectivity index (χ4n) is 5.01. The summed E-state index contributed by atoms with van der Waals surface area (Å²) in [5.74, 6) is -3.35. The van der Waals surface area contributed by atoms with Crippen LogP contribution in [-0.2, 0) is 14.4 Å². The number of allylic oxidation sites excluding steroid dienone is 2. The first kappa shape index (κ1) is 23.6. The number of nitrogens with zero attached hydrogens (tertiary/aromatic N) is 3. The normalized spacial score (nSPS) is 24.0. The predicted molar refractivity (Wildman–Crippen MR) is 126 cm³/mol. The fraction of sp³-hybridized carbons (Fsp3) is 0.250. The monoisotopic (exact) mass is 512 g/mol. The number of ether oxygens (including phenoxy) is 1. The largest absolute Gasteiger partial charge is 0.476 e. The van der Waals surface area contributed by atoms with Gasteiger partial charge in [0.25, 0.3) is 17.7 Å². The number of carbonyl (C=O) groups excluding carboxylic acids is 3. The molecule has 5 rings (SSSR count). The molecule has 2 bridgehead atoms. The van der Waals surface area contributed by atoms with E-state index < -0.39 is 52.6 Å². The van der Waals surface area contributed by atoms with E-state index in [1.165, 1.54) is 24.3 Å². The van der Waals surface area contributed by atoms with E-state index in [0.717, 1.165) is 29.8 Å². The maximum Gasteiger partial charge on any atom is 0.313 e. The molecule has 1 aliphatic heterocycles. The number of hydrazone groups is 1. The van der Waals surface area contributed by atoms with Crippen molar-refractivity contribution >= 4 is 46.9 Å². The molecular weight excluding hydrogens is 495 g/mol. The van der Waals surface area contributed by atoms with E-state index in [4.69, 9.17) is 16.3 Å². The first-order valence-corrected chi connectivity index (χ1v) is 11.4. The number of hydrogen-bond acceptors (Lipinski definition) is 7. The first-order valence-electron chi connectivity index (χ1n) is 11.0.